The maximum atomic E-state index is 11.5. The predicted molar refractivity (Wildman–Crippen MR) is 118 cm³/mol. The fraction of sp³-hybridized carbons (Fsp3) is 0.588. The van der Waals surface area contributed by atoms with Crippen LogP contribution >= 0.6 is 35.7 Å². The third-order valence-corrected chi connectivity index (χ3v) is 6.56. The number of halogens is 1. The molecule has 1 aliphatic rings. The van der Waals surface area contributed by atoms with Gasteiger partial charge < -0.3 is 10.6 Å². The Bertz CT molecular complexity index is 663. The fourth-order valence-corrected chi connectivity index (χ4v) is 4.33. The lowest BCUT2D eigenvalue weighted by Crippen LogP contribution is -2.43. The lowest BCUT2D eigenvalue weighted by molar-refractivity contribution is 0.602. The number of benzene rings is 1. The van der Waals surface area contributed by atoms with Crippen molar-refractivity contribution in [3.8, 4) is 0 Å². The van der Waals surface area contributed by atoms with Gasteiger partial charge >= 0.3 is 0 Å². The van der Waals surface area contributed by atoms with Crippen LogP contribution in [0.25, 0.3) is 0 Å². The highest BCUT2D eigenvalue weighted by Crippen LogP contribution is 2.27. The summed E-state index contributed by atoms with van der Waals surface area (Å²) in [6.45, 7) is 0.760. The van der Waals surface area contributed by atoms with Crippen LogP contribution in [-0.4, -0.2) is 51.8 Å². The number of nitrogens with one attached hydrogen (secondary N) is 2. The molecule has 1 aromatic carbocycles. The number of thioether (sulfide) groups is 1. The molecule has 8 heteroatoms. The van der Waals surface area contributed by atoms with Crippen LogP contribution < -0.4 is 10.6 Å². The third-order valence-electron chi connectivity index (χ3n) is 4.34. The second-order valence-electron chi connectivity index (χ2n) is 6.18. The Labute approximate surface area is 172 Å². The minimum atomic E-state index is -3.12. The summed E-state index contributed by atoms with van der Waals surface area (Å²) in [6, 6.07) is 7.57. The number of aliphatic imine (C=N–C) groups is 1. The Hall–Kier alpha value is -0.480. The van der Waals surface area contributed by atoms with Gasteiger partial charge in [-0.2, -0.15) is 11.8 Å². The number of rotatable bonds is 6. The van der Waals surface area contributed by atoms with E-state index in [0.29, 0.717) is 10.9 Å². The first-order valence-electron chi connectivity index (χ1n) is 8.21. The second kappa shape index (κ2) is 10.6. The summed E-state index contributed by atoms with van der Waals surface area (Å²) >= 11 is 1.95. The van der Waals surface area contributed by atoms with Crippen molar-refractivity contribution in [2.75, 3.05) is 26.1 Å². The summed E-state index contributed by atoms with van der Waals surface area (Å²) in [4.78, 5) is 4.65. The van der Waals surface area contributed by atoms with Gasteiger partial charge in [0.25, 0.3) is 0 Å². The highest BCUT2D eigenvalue weighted by Gasteiger charge is 2.24. The monoisotopic (exact) mass is 497 g/mol. The van der Waals surface area contributed by atoms with Gasteiger partial charge in [0.2, 0.25) is 0 Å². The molecular formula is C17H28IN3O2S2. The van der Waals surface area contributed by atoms with Crippen LogP contribution in [0.2, 0.25) is 0 Å². The molecule has 0 saturated heterocycles. The van der Waals surface area contributed by atoms with E-state index in [1.807, 2.05) is 23.9 Å². The Morgan fingerprint density at radius 1 is 1.28 bits per heavy atom. The van der Waals surface area contributed by atoms with E-state index in [1.165, 1.54) is 25.5 Å². The molecule has 2 rings (SSSR count). The lowest BCUT2D eigenvalue weighted by atomic mass is 10.1. The van der Waals surface area contributed by atoms with Crippen LogP contribution in [0.3, 0.4) is 0 Å². The van der Waals surface area contributed by atoms with E-state index in [-0.39, 0.29) is 24.0 Å². The average molecular weight is 497 g/mol. The molecule has 5 nitrogen and oxygen atoms in total. The predicted octanol–water partition coefficient (Wildman–Crippen LogP) is 2.70. The molecule has 0 radical (unpaired) electrons. The molecule has 0 spiro atoms. The quantitative estimate of drug-likeness (QED) is 0.360. The van der Waals surface area contributed by atoms with Crippen molar-refractivity contribution < 1.29 is 8.42 Å². The molecule has 2 atom stereocenters. The molecule has 0 aromatic heterocycles. The van der Waals surface area contributed by atoms with Crippen molar-refractivity contribution in [3.05, 3.63) is 29.8 Å². The number of nitrogens with zero attached hydrogens (tertiary/aromatic N) is 1. The maximum absolute atomic E-state index is 11.5. The lowest BCUT2D eigenvalue weighted by Gasteiger charge is -2.17. The van der Waals surface area contributed by atoms with Crippen LogP contribution in [0.4, 0.5) is 0 Å². The summed E-state index contributed by atoms with van der Waals surface area (Å²) in [6.07, 6.45) is 7.87. The maximum Gasteiger partial charge on any atom is 0.191 e. The minimum absolute atomic E-state index is 0. The zero-order valence-corrected chi connectivity index (χ0v) is 19.0. The average Bonchev–Trinajstić information content (AvgIpc) is 3.01. The van der Waals surface area contributed by atoms with Crippen LogP contribution in [0.1, 0.15) is 24.8 Å². The molecule has 1 saturated carbocycles. The van der Waals surface area contributed by atoms with Crippen molar-refractivity contribution in [3.63, 3.8) is 0 Å². The zero-order valence-electron chi connectivity index (χ0n) is 15.0. The molecule has 0 amide bonds. The van der Waals surface area contributed by atoms with E-state index in [0.717, 1.165) is 29.7 Å². The first-order valence-corrected chi connectivity index (χ1v) is 11.4. The van der Waals surface area contributed by atoms with Gasteiger partial charge in [0.05, 0.1) is 4.90 Å². The number of hydrogen-bond donors (Lipinski definition) is 2. The smallest absolute Gasteiger partial charge is 0.191 e. The molecule has 0 bridgehead atoms. The van der Waals surface area contributed by atoms with Gasteiger partial charge in [0, 0.05) is 31.1 Å². The van der Waals surface area contributed by atoms with Crippen molar-refractivity contribution in [2.45, 2.75) is 41.9 Å². The van der Waals surface area contributed by atoms with Crippen molar-refractivity contribution in [1.29, 1.82) is 0 Å². The van der Waals surface area contributed by atoms with E-state index in [2.05, 4.69) is 21.9 Å². The summed E-state index contributed by atoms with van der Waals surface area (Å²) in [5, 5.41) is 7.59. The van der Waals surface area contributed by atoms with Crippen molar-refractivity contribution in [1.82, 2.24) is 10.6 Å². The van der Waals surface area contributed by atoms with Gasteiger partial charge in [-0.3, -0.25) is 4.99 Å². The Morgan fingerprint density at radius 2 is 1.96 bits per heavy atom. The third kappa shape index (κ3) is 7.34. The standard InChI is InChI=1S/C17H27N3O2S2.HI/c1-18-17(20-14-6-7-15(12-14)23-2)19-11-10-13-4-8-16(9-5-13)24(3,21)22;/h4-5,8-9,14-15H,6-7,10-12H2,1-3H3,(H2,18,19,20);1H. The summed E-state index contributed by atoms with van der Waals surface area (Å²) < 4.78 is 22.9. The first-order chi connectivity index (χ1) is 11.4. The molecule has 1 aliphatic carbocycles. The van der Waals surface area contributed by atoms with Crippen LogP contribution in [0.15, 0.2) is 34.2 Å². The van der Waals surface area contributed by atoms with Crippen molar-refractivity contribution in [2.24, 2.45) is 4.99 Å². The number of hydrogen-bond acceptors (Lipinski definition) is 4. The van der Waals surface area contributed by atoms with Gasteiger partial charge in [-0.25, -0.2) is 8.42 Å². The SMILES string of the molecule is CN=C(NCCc1ccc(S(C)(=O)=O)cc1)NC1CCC(SC)C1.I. The second-order valence-corrected chi connectivity index (χ2v) is 9.33. The van der Waals surface area contributed by atoms with E-state index in [9.17, 15) is 8.42 Å². The summed E-state index contributed by atoms with van der Waals surface area (Å²) in [7, 11) is -1.34. The van der Waals surface area contributed by atoms with E-state index < -0.39 is 9.84 Å². The molecule has 0 aliphatic heterocycles. The Balaban J connectivity index is 0.00000312. The van der Waals surface area contributed by atoms with Gasteiger partial charge in [-0.05, 0) is 49.6 Å². The molecule has 1 aromatic rings. The Morgan fingerprint density at radius 3 is 2.48 bits per heavy atom. The van der Waals surface area contributed by atoms with Crippen LogP contribution in [0.5, 0.6) is 0 Å². The molecular weight excluding hydrogens is 469 g/mol. The molecule has 142 valence electrons. The largest absolute Gasteiger partial charge is 0.356 e. The number of guanidine groups is 1. The molecule has 2 unspecified atom stereocenters. The Kier molecular flexibility index (Phi) is 9.58. The summed E-state index contributed by atoms with van der Waals surface area (Å²) in [5.41, 5.74) is 1.11. The van der Waals surface area contributed by atoms with E-state index in [1.54, 1.807) is 19.2 Å². The van der Waals surface area contributed by atoms with Gasteiger partial charge in [0.1, 0.15) is 0 Å². The molecule has 0 heterocycles. The van der Waals surface area contributed by atoms with Crippen LogP contribution in [0, 0.1) is 0 Å². The minimum Gasteiger partial charge on any atom is -0.356 e. The van der Waals surface area contributed by atoms with Gasteiger partial charge in [-0.1, -0.05) is 12.1 Å². The first kappa shape index (κ1) is 22.6. The normalized spacial score (nSPS) is 20.8. The highest BCUT2D eigenvalue weighted by atomic mass is 127. The van der Waals surface area contributed by atoms with E-state index >= 15 is 0 Å². The summed E-state index contributed by atoms with van der Waals surface area (Å²) in [5.74, 6) is 0.842. The topological polar surface area (TPSA) is 70.6 Å². The molecule has 2 N–H and O–H groups in total. The fourth-order valence-electron chi connectivity index (χ4n) is 2.90. The number of sulfone groups is 1. The molecule has 1 fully saturated rings. The van der Waals surface area contributed by atoms with Gasteiger partial charge in [-0.15, -0.1) is 24.0 Å². The van der Waals surface area contributed by atoms with Crippen LogP contribution in [-0.2, 0) is 16.3 Å². The van der Waals surface area contributed by atoms with Gasteiger partial charge in [0.15, 0.2) is 15.8 Å². The zero-order chi connectivity index (χ0) is 17.6. The van der Waals surface area contributed by atoms with Crippen molar-refractivity contribution >= 4 is 51.5 Å². The van der Waals surface area contributed by atoms with E-state index in [4.69, 9.17) is 0 Å². The highest BCUT2D eigenvalue weighted by molar-refractivity contribution is 14.0. The molecule has 25 heavy (non-hydrogen) atoms.